The summed E-state index contributed by atoms with van der Waals surface area (Å²) >= 11 is 0. The summed E-state index contributed by atoms with van der Waals surface area (Å²) in [5, 5.41) is 2.74. The van der Waals surface area contributed by atoms with Gasteiger partial charge in [-0.15, -0.1) is 0 Å². The lowest BCUT2D eigenvalue weighted by atomic mass is 10.2. The second-order valence-corrected chi connectivity index (χ2v) is 3.77. The summed E-state index contributed by atoms with van der Waals surface area (Å²) in [4.78, 5) is 7.82. The minimum absolute atomic E-state index is 0.114. The molecule has 2 rings (SSSR count). The summed E-state index contributed by atoms with van der Waals surface area (Å²) in [5.74, 6) is 0.574. The third kappa shape index (κ3) is 2.97. The van der Waals surface area contributed by atoms with Crippen molar-refractivity contribution in [2.45, 2.75) is 13.1 Å². The average molecular weight is 253 g/mol. The molecule has 0 fully saturated rings. The Morgan fingerprint density at radius 2 is 1.61 bits per heavy atom. The van der Waals surface area contributed by atoms with Crippen molar-refractivity contribution < 1.29 is 13.2 Å². The van der Waals surface area contributed by atoms with Gasteiger partial charge >= 0.3 is 6.18 Å². The highest BCUT2D eigenvalue weighted by atomic mass is 19.4. The molecule has 0 saturated carbocycles. The number of nitrogens with one attached hydrogen (secondary N) is 1. The predicted octanol–water partition coefficient (Wildman–Crippen LogP) is 3.55. The number of halogens is 3. The van der Waals surface area contributed by atoms with Crippen molar-refractivity contribution in [2.24, 2.45) is 0 Å². The first-order chi connectivity index (χ1) is 8.45. The van der Waals surface area contributed by atoms with Crippen LogP contribution in [0, 0.1) is 6.92 Å². The SMILES string of the molecule is Cc1ccnc(Nc2cc(C(F)(F)F)ccn2)c1. The maximum atomic E-state index is 12.5. The topological polar surface area (TPSA) is 37.8 Å². The Balaban J connectivity index is 2.25. The standard InChI is InChI=1S/C12H10F3N3/c1-8-2-4-16-10(6-8)18-11-7-9(3-5-17-11)12(13,14)15/h2-7H,1H3,(H,16,17,18). The van der Waals surface area contributed by atoms with E-state index >= 15 is 0 Å². The zero-order valence-electron chi connectivity index (χ0n) is 9.49. The van der Waals surface area contributed by atoms with Crippen molar-refractivity contribution in [3.63, 3.8) is 0 Å². The second-order valence-electron chi connectivity index (χ2n) is 3.77. The minimum Gasteiger partial charge on any atom is -0.325 e. The smallest absolute Gasteiger partial charge is 0.325 e. The summed E-state index contributed by atoms with van der Waals surface area (Å²) in [6, 6.07) is 5.39. The average Bonchev–Trinajstić information content (AvgIpc) is 2.28. The van der Waals surface area contributed by atoms with Crippen LogP contribution in [0.1, 0.15) is 11.1 Å². The number of hydrogen-bond acceptors (Lipinski definition) is 3. The first kappa shape index (κ1) is 12.3. The minimum atomic E-state index is -4.38. The van der Waals surface area contributed by atoms with E-state index in [1.54, 1.807) is 18.3 Å². The molecular formula is C12H10F3N3. The van der Waals surface area contributed by atoms with Crippen LogP contribution >= 0.6 is 0 Å². The third-order valence-electron chi connectivity index (χ3n) is 2.26. The number of aromatic nitrogens is 2. The number of hydrogen-bond donors (Lipinski definition) is 1. The summed E-state index contributed by atoms with van der Waals surface area (Å²) in [6.07, 6.45) is -1.69. The third-order valence-corrected chi connectivity index (χ3v) is 2.26. The molecule has 0 aliphatic carbocycles. The van der Waals surface area contributed by atoms with Crippen molar-refractivity contribution >= 4 is 11.6 Å². The van der Waals surface area contributed by atoms with Crippen LogP contribution < -0.4 is 5.32 Å². The Labute approximate surface area is 102 Å². The second kappa shape index (κ2) is 4.64. The fraction of sp³-hybridized carbons (Fsp3) is 0.167. The Kier molecular flexibility index (Phi) is 3.18. The molecule has 0 spiro atoms. The van der Waals surface area contributed by atoms with Crippen LogP contribution in [0.2, 0.25) is 0 Å². The summed E-state index contributed by atoms with van der Waals surface area (Å²) in [6.45, 7) is 1.87. The highest BCUT2D eigenvalue weighted by molar-refractivity contribution is 5.53. The fourth-order valence-electron chi connectivity index (χ4n) is 1.41. The Morgan fingerprint density at radius 3 is 2.22 bits per heavy atom. The van der Waals surface area contributed by atoms with E-state index < -0.39 is 11.7 Å². The van der Waals surface area contributed by atoms with Gasteiger partial charge in [-0.2, -0.15) is 13.2 Å². The highest BCUT2D eigenvalue weighted by Gasteiger charge is 2.30. The Hall–Kier alpha value is -2.11. The molecule has 0 amide bonds. The van der Waals surface area contributed by atoms with Crippen molar-refractivity contribution in [1.29, 1.82) is 0 Å². The number of anilines is 2. The Bertz CT molecular complexity index is 552. The number of aryl methyl sites for hydroxylation is 1. The molecule has 0 saturated heterocycles. The van der Waals surface area contributed by atoms with E-state index in [1.807, 2.05) is 6.92 Å². The molecule has 0 bridgehead atoms. The maximum absolute atomic E-state index is 12.5. The quantitative estimate of drug-likeness (QED) is 0.889. The monoisotopic (exact) mass is 253 g/mol. The van der Waals surface area contributed by atoms with Crippen molar-refractivity contribution in [3.8, 4) is 0 Å². The molecule has 0 aromatic carbocycles. The molecule has 2 aromatic heterocycles. The lowest BCUT2D eigenvalue weighted by Crippen LogP contribution is -2.06. The van der Waals surface area contributed by atoms with Crippen LogP contribution in [0.15, 0.2) is 36.7 Å². The molecule has 0 radical (unpaired) electrons. The molecule has 18 heavy (non-hydrogen) atoms. The molecular weight excluding hydrogens is 243 g/mol. The molecule has 0 aliphatic heterocycles. The molecule has 3 nitrogen and oxygen atoms in total. The lowest BCUT2D eigenvalue weighted by Gasteiger charge is -2.09. The van der Waals surface area contributed by atoms with E-state index in [1.165, 1.54) is 0 Å². The fourth-order valence-corrected chi connectivity index (χ4v) is 1.41. The van der Waals surface area contributed by atoms with Gasteiger partial charge in [0.1, 0.15) is 11.6 Å². The van der Waals surface area contributed by atoms with E-state index in [4.69, 9.17) is 0 Å². The van der Waals surface area contributed by atoms with Crippen LogP contribution in [0.4, 0.5) is 24.8 Å². The van der Waals surface area contributed by atoms with Gasteiger partial charge in [0.25, 0.3) is 0 Å². The van der Waals surface area contributed by atoms with Crippen LogP contribution in [0.5, 0.6) is 0 Å². The van der Waals surface area contributed by atoms with Crippen molar-refractivity contribution in [2.75, 3.05) is 5.32 Å². The van der Waals surface area contributed by atoms with Gasteiger partial charge < -0.3 is 5.32 Å². The van der Waals surface area contributed by atoms with Crippen molar-refractivity contribution in [3.05, 3.63) is 47.8 Å². The molecule has 94 valence electrons. The molecule has 1 N–H and O–H groups in total. The highest BCUT2D eigenvalue weighted by Crippen LogP contribution is 2.30. The predicted molar refractivity (Wildman–Crippen MR) is 61.5 cm³/mol. The van der Waals surface area contributed by atoms with Gasteiger partial charge in [0, 0.05) is 12.4 Å². The van der Waals surface area contributed by atoms with Crippen LogP contribution in [0.3, 0.4) is 0 Å². The molecule has 2 aromatic rings. The van der Waals surface area contributed by atoms with Crippen LogP contribution in [0.25, 0.3) is 0 Å². The first-order valence-electron chi connectivity index (χ1n) is 5.18. The summed E-state index contributed by atoms with van der Waals surface area (Å²) in [5.41, 5.74) is 0.215. The van der Waals surface area contributed by atoms with Crippen LogP contribution in [-0.4, -0.2) is 9.97 Å². The van der Waals surface area contributed by atoms with E-state index in [2.05, 4.69) is 15.3 Å². The first-order valence-corrected chi connectivity index (χ1v) is 5.18. The molecule has 0 aliphatic rings. The molecule has 0 unspecified atom stereocenters. The zero-order chi connectivity index (χ0) is 13.2. The van der Waals surface area contributed by atoms with Gasteiger partial charge in [0.15, 0.2) is 0 Å². The number of alkyl halides is 3. The maximum Gasteiger partial charge on any atom is 0.416 e. The van der Waals surface area contributed by atoms with E-state index in [0.29, 0.717) is 5.82 Å². The van der Waals surface area contributed by atoms with Gasteiger partial charge in [0.05, 0.1) is 5.56 Å². The Morgan fingerprint density at radius 1 is 1.00 bits per heavy atom. The number of rotatable bonds is 2. The summed E-state index contributed by atoms with van der Waals surface area (Å²) < 4.78 is 37.5. The molecule has 2 heterocycles. The molecule has 0 atom stereocenters. The molecule has 6 heteroatoms. The largest absolute Gasteiger partial charge is 0.416 e. The number of pyridine rings is 2. The zero-order valence-corrected chi connectivity index (χ0v) is 9.49. The van der Waals surface area contributed by atoms with E-state index in [9.17, 15) is 13.2 Å². The summed E-state index contributed by atoms with van der Waals surface area (Å²) in [7, 11) is 0. The number of nitrogens with zero attached hydrogens (tertiary/aromatic N) is 2. The van der Waals surface area contributed by atoms with E-state index in [0.717, 1.165) is 23.9 Å². The van der Waals surface area contributed by atoms with Gasteiger partial charge in [-0.05, 0) is 36.8 Å². The normalized spacial score (nSPS) is 11.3. The van der Waals surface area contributed by atoms with Gasteiger partial charge in [-0.25, -0.2) is 9.97 Å². The van der Waals surface area contributed by atoms with E-state index in [-0.39, 0.29) is 5.82 Å². The van der Waals surface area contributed by atoms with Gasteiger partial charge in [-0.3, -0.25) is 0 Å². The van der Waals surface area contributed by atoms with Crippen LogP contribution in [-0.2, 0) is 6.18 Å². The van der Waals surface area contributed by atoms with Crippen molar-refractivity contribution in [1.82, 2.24) is 9.97 Å². The van der Waals surface area contributed by atoms with Gasteiger partial charge in [-0.1, -0.05) is 0 Å². The van der Waals surface area contributed by atoms with Gasteiger partial charge in [0.2, 0.25) is 0 Å². The lowest BCUT2D eigenvalue weighted by molar-refractivity contribution is -0.137.